The summed E-state index contributed by atoms with van der Waals surface area (Å²) in [5.74, 6) is 0.410. The van der Waals surface area contributed by atoms with Crippen molar-refractivity contribution < 1.29 is 9.53 Å². The van der Waals surface area contributed by atoms with Gasteiger partial charge in [0.25, 0.3) is 0 Å². The van der Waals surface area contributed by atoms with Crippen LogP contribution in [0.4, 0.5) is 11.4 Å². The summed E-state index contributed by atoms with van der Waals surface area (Å²) < 4.78 is 5.36. The first-order valence-corrected chi connectivity index (χ1v) is 8.44. The van der Waals surface area contributed by atoms with Crippen molar-refractivity contribution in [1.29, 1.82) is 0 Å². The number of carbonyl (C=O) groups excluding carboxylic acids is 1. The molecule has 2 heterocycles. The van der Waals surface area contributed by atoms with Crippen LogP contribution in [0.5, 0.6) is 0 Å². The maximum absolute atomic E-state index is 12.0. The van der Waals surface area contributed by atoms with E-state index >= 15 is 0 Å². The third-order valence-corrected chi connectivity index (χ3v) is 4.37. The van der Waals surface area contributed by atoms with Crippen molar-refractivity contribution in [3.63, 3.8) is 0 Å². The molecule has 23 heavy (non-hydrogen) atoms. The van der Waals surface area contributed by atoms with Crippen molar-refractivity contribution in [3.8, 4) is 0 Å². The van der Waals surface area contributed by atoms with E-state index < -0.39 is 0 Å². The second-order valence-electron chi connectivity index (χ2n) is 6.10. The molecule has 5 nitrogen and oxygen atoms in total. The van der Waals surface area contributed by atoms with Crippen molar-refractivity contribution >= 4 is 17.3 Å². The lowest BCUT2D eigenvalue weighted by Crippen LogP contribution is -2.36. The first-order valence-electron chi connectivity index (χ1n) is 8.44. The van der Waals surface area contributed by atoms with Gasteiger partial charge >= 0.3 is 0 Å². The van der Waals surface area contributed by atoms with Gasteiger partial charge in [-0.2, -0.15) is 0 Å². The Kier molecular flexibility index (Phi) is 5.66. The maximum Gasteiger partial charge on any atom is 0.248 e. The quantitative estimate of drug-likeness (QED) is 0.835. The van der Waals surface area contributed by atoms with E-state index in [9.17, 15) is 4.79 Å². The molecule has 0 aliphatic carbocycles. The highest BCUT2D eigenvalue weighted by Gasteiger charge is 2.11. The number of nitrogens with one attached hydrogen (secondary N) is 2. The number of nitrogens with zero attached hydrogens (tertiary/aromatic N) is 1. The molecule has 1 aromatic rings. The maximum atomic E-state index is 12.0. The van der Waals surface area contributed by atoms with Crippen molar-refractivity contribution in [2.24, 2.45) is 5.92 Å². The van der Waals surface area contributed by atoms with E-state index in [4.69, 9.17) is 4.74 Å². The van der Waals surface area contributed by atoms with E-state index in [2.05, 4.69) is 27.7 Å². The van der Waals surface area contributed by atoms with Gasteiger partial charge in [-0.1, -0.05) is 6.08 Å². The van der Waals surface area contributed by atoms with Crippen LogP contribution in [-0.4, -0.2) is 45.3 Å². The number of ether oxygens (including phenoxy) is 1. The van der Waals surface area contributed by atoms with E-state index in [1.54, 1.807) is 6.08 Å². The van der Waals surface area contributed by atoms with E-state index in [1.807, 2.05) is 18.2 Å². The van der Waals surface area contributed by atoms with Crippen LogP contribution in [0, 0.1) is 5.92 Å². The van der Waals surface area contributed by atoms with Gasteiger partial charge in [0.05, 0.1) is 13.2 Å². The number of piperidine rings is 1. The summed E-state index contributed by atoms with van der Waals surface area (Å²) >= 11 is 0. The molecule has 1 aromatic carbocycles. The molecule has 5 heteroatoms. The molecule has 2 fully saturated rings. The average molecular weight is 315 g/mol. The summed E-state index contributed by atoms with van der Waals surface area (Å²) in [6.45, 7) is 5.45. The van der Waals surface area contributed by atoms with Gasteiger partial charge in [0.1, 0.15) is 0 Å². The Balaban J connectivity index is 1.50. The van der Waals surface area contributed by atoms with Crippen LogP contribution in [0.1, 0.15) is 12.8 Å². The summed E-state index contributed by atoms with van der Waals surface area (Å²) in [7, 11) is 0. The number of benzene rings is 1. The predicted molar refractivity (Wildman–Crippen MR) is 92.8 cm³/mol. The highest BCUT2D eigenvalue weighted by Crippen LogP contribution is 2.19. The third-order valence-electron chi connectivity index (χ3n) is 4.37. The monoisotopic (exact) mass is 315 g/mol. The van der Waals surface area contributed by atoms with Crippen molar-refractivity contribution in [1.82, 2.24) is 5.32 Å². The van der Waals surface area contributed by atoms with E-state index in [1.165, 1.54) is 12.1 Å². The zero-order valence-corrected chi connectivity index (χ0v) is 13.5. The third kappa shape index (κ3) is 4.81. The fourth-order valence-corrected chi connectivity index (χ4v) is 3.03. The first kappa shape index (κ1) is 16.0. The summed E-state index contributed by atoms with van der Waals surface area (Å²) in [4.78, 5) is 14.3. The molecule has 2 saturated heterocycles. The zero-order valence-electron chi connectivity index (χ0n) is 13.5. The van der Waals surface area contributed by atoms with E-state index in [0.717, 1.165) is 51.5 Å². The fraction of sp³-hybridized carbons (Fsp3) is 0.500. The normalized spacial score (nSPS) is 22.3. The zero-order chi connectivity index (χ0) is 15.9. The summed E-state index contributed by atoms with van der Waals surface area (Å²) in [6.07, 6.45) is 6.02. The number of rotatable bonds is 4. The number of hydrogen-bond acceptors (Lipinski definition) is 4. The lowest BCUT2D eigenvalue weighted by atomic mass is 9.99. The number of hydrogen-bond donors (Lipinski definition) is 2. The largest absolute Gasteiger partial charge is 0.378 e. The molecule has 0 aromatic heterocycles. The number of carbonyl (C=O) groups is 1. The predicted octanol–water partition coefficient (Wildman–Crippen LogP) is 2.02. The molecule has 3 rings (SSSR count). The molecular weight excluding hydrogens is 290 g/mol. The SMILES string of the molecule is O=C(/C=C/C1CCCNC1)Nc1ccc(N2CCOCC2)cc1. The second-order valence-corrected chi connectivity index (χ2v) is 6.10. The molecule has 1 unspecified atom stereocenters. The van der Waals surface area contributed by atoms with Gasteiger partial charge in [-0.3, -0.25) is 4.79 Å². The Morgan fingerprint density at radius 1 is 1.26 bits per heavy atom. The minimum Gasteiger partial charge on any atom is -0.378 e. The molecule has 2 N–H and O–H groups in total. The minimum atomic E-state index is -0.0605. The molecule has 2 aliphatic rings. The summed E-state index contributed by atoms with van der Waals surface area (Å²) in [5.41, 5.74) is 2.01. The Morgan fingerprint density at radius 2 is 2.04 bits per heavy atom. The average Bonchev–Trinajstić information content (AvgIpc) is 2.62. The molecule has 0 spiro atoms. The van der Waals surface area contributed by atoms with E-state index in [0.29, 0.717) is 5.92 Å². The van der Waals surface area contributed by atoms with Crippen LogP contribution in [0.25, 0.3) is 0 Å². The van der Waals surface area contributed by atoms with Crippen molar-refractivity contribution in [2.75, 3.05) is 49.6 Å². The van der Waals surface area contributed by atoms with Gasteiger partial charge in [-0.15, -0.1) is 0 Å². The lowest BCUT2D eigenvalue weighted by molar-refractivity contribution is -0.111. The molecule has 0 saturated carbocycles. The number of amides is 1. The Bertz CT molecular complexity index is 530. The van der Waals surface area contributed by atoms with Crippen LogP contribution in [-0.2, 0) is 9.53 Å². The van der Waals surface area contributed by atoms with E-state index in [-0.39, 0.29) is 5.91 Å². The van der Waals surface area contributed by atoms with Crippen LogP contribution in [0.3, 0.4) is 0 Å². The van der Waals surface area contributed by atoms with Gasteiger partial charge in [0, 0.05) is 31.0 Å². The first-order chi connectivity index (χ1) is 11.3. The Morgan fingerprint density at radius 3 is 2.74 bits per heavy atom. The second kappa shape index (κ2) is 8.13. The summed E-state index contributed by atoms with van der Waals surface area (Å²) in [6, 6.07) is 8.02. The fourth-order valence-electron chi connectivity index (χ4n) is 3.03. The van der Waals surface area contributed by atoms with Crippen LogP contribution in [0.2, 0.25) is 0 Å². The summed E-state index contributed by atoms with van der Waals surface area (Å²) in [5, 5.41) is 6.27. The molecule has 0 bridgehead atoms. The van der Waals surface area contributed by atoms with Gasteiger partial charge in [-0.05, 0) is 55.6 Å². The molecule has 1 amide bonds. The van der Waals surface area contributed by atoms with Gasteiger partial charge in [0.15, 0.2) is 0 Å². The molecule has 2 aliphatic heterocycles. The Hall–Kier alpha value is -1.85. The van der Waals surface area contributed by atoms with Gasteiger partial charge in [0.2, 0.25) is 5.91 Å². The molecular formula is C18H25N3O2. The Labute approximate surface area is 137 Å². The molecule has 124 valence electrons. The highest BCUT2D eigenvalue weighted by molar-refractivity contribution is 5.99. The lowest BCUT2D eigenvalue weighted by Gasteiger charge is -2.28. The highest BCUT2D eigenvalue weighted by atomic mass is 16.5. The smallest absolute Gasteiger partial charge is 0.248 e. The minimum absolute atomic E-state index is 0.0605. The van der Waals surface area contributed by atoms with Crippen molar-refractivity contribution in [3.05, 3.63) is 36.4 Å². The number of morpholine rings is 1. The van der Waals surface area contributed by atoms with Gasteiger partial charge < -0.3 is 20.3 Å². The van der Waals surface area contributed by atoms with Crippen LogP contribution >= 0.6 is 0 Å². The topological polar surface area (TPSA) is 53.6 Å². The molecule has 1 atom stereocenters. The number of anilines is 2. The van der Waals surface area contributed by atoms with Gasteiger partial charge in [-0.25, -0.2) is 0 Å². The van der Waals surface area contributed by atoms with Crippen LogP contribution in [0.15, 0.2) is 36.4 Å². The van der Waals surface area contributed by atoms with Crippen molar-refractivity contribution in [2.45, 2.75) is 12.8 Å². The van der Waals surface area contributed by atoms with Crippen LogP contribution < -0.4 is 15.5 Å². The standard InChI is InChI=1S/C18H25N3O2/c22-18(8-3-15-2-1-9-19-14-15)20-16-4-6-17(7-5-16)21-10-12-23-13-11-21/h3-8,15,19H,1-2,9-14H2,(H,20,22)/b8-3+. The molecule has 0 radical (unpaired) electrons.